The topological polar surface area (TPSA) is 97.7 Å². The van der Waals surface area contributed by atoms with Gasteiger partial charge in [0.05, 0.1) is 30.4 Å². The molecule has 34 heavy (non-hydrogen) atoms. The maximum absolute atomic E-state index is 13.0. The number of nitrogens with one attached hydrogen (secondary N) is 1. The average Bonchev–Trinajstić information content (AvgIpc) is 3.16. The number of nitrogens with zero attached hydrogens (tertiary/aromatic N) is 1. The van der Waals surface area contributed by atoms with Crippen LogP contribution in [0.2, 0.25) is 5.02 Å². The number of halogens is 1. The fraction of sp³-hybridized carbons (Fsp3) is 0.400. The molecule has 1 N–H and O–H groups in total. The summed E-state index contributed by atoms with van der Waals surface area (Å²) in [6.07, 6.45) is 4.93. The Bertz CT molecular complexity index is 1160. The molecule has 0 spiro atoms. The first-order valence-electron chi connectivity index (χ1n) is 11.1. The van der Waals surface area contributed by atoms with Gasteiger partial charge < -0.3 is 19.5 Å². The number of rotatable bonds is 8. The van der Waals surface area contributed by atoms with E-state index in [0.29, 0.717) is 32.6 Å². The Balaban J connectivity index is 1.93. The summed E-state index contributed by atoms with van der Waals surface area (Å²) in [6.45, 7) is 5.71. The van der Waals surface area contributed by atoms with Gasteiger partial charge in [0.1, 0.15) is 16.6 Å². The SMILES string of the molecule is CCOC(=O)c1c(NC(=O)/C(C#N)=C/c2cc(Cl)c(OC(C)C)c(OC)c2)sc2c1CCCC2. The first-order valence-corrected chi connectivity index (χ1v) is 12.3. The van der Waals surface area contributed by atoms with Gasteiger partial charge in [-0.1, -0.05) is 11.6 Å². The van der Waals surface area contributed by atoms with E-state index < -0.39 is 11.9 Å². The van der Waals surface area contributed by atoms with Crippen molar-refractivity contribution in [2.45, 2.75) is 52.6 Å². The Morgan fingerprint density at radius 2 is 2.03 bits per heavy atom. The van der Waals surface area contributed by atoms with Gasteiger partial charge in [-0.15, -0.1) is 11.3 Å². The number of carbonyl (C=O) groups excluding carboxylic acids is 2. The highest BCUT2D eigenvalue weighted by molar-refractivity contribution is 7.17. The number of nitriles is 1. The molecule has 0 fully saturated rings. The van der Waals surface area contributed by atoms with Crippen molar-refractivity contribution < 1.29 is 23.8 Å². The third-order valence-corrected chi connectivity index (χ3v) is 6.65. The summed E-state index contributed by atoms with van der Waals surface area (Å²) in [5.74, 6) is -0.301. The van der Waals surface area contributed by atoms with Gasteiger partial charge in [-0.05, 0) is 75.8 Å². The summed E-state index contributed by atoms with van der Waals surface area (Å²) in [6, 6.07) is 5.17. The van der Waals surface area contributed by atoms with E-state index in [9.17, 15) is 14.9 Å². The molecule has 7 nitrogen and oxygen atoms in total. The van der Waals surface area contributed by atoms with Gasteiger partial charge in [0.25, 0.3) is 5.91 Å². The molecule has 3 rings (SSSR count). The number of benzene rings is 1. The minimum atomic E-state index is -0.621. The molecule has 0 atom stereocenters. The van der Waals surface area contributed by atoms with Crippen LogP contribution in [0.1, 0.15) is 60.0 Å². The Morgan fingerprint density at radius 1 is 1.29 bits per heavy atom. The summed E-state index contributed by atoms with van der Waals surface area (Å²) in [5.41, 5.74) is 1.69. The minimum absolute atomic E-state index is 0.113. The van der Waals surface area contributed by atoms with Crippen LogP contribution in [-0.4, -0.2) is 31.7 Å². The molecule has 0 aliphatic heterocycles. The summed E-state index contributed by atoms with van der Waals surface area (Å²) in [4.78, 5) is 26.7. The van der Waals surface area contributed by atoms with Crippen LogP contribution in [0, 0.1) is 11.3 Å². The Kier molecular flexibility index (Phi) is 8.59. The average molecular weight is 503 g/mol. The number of aryl methyl sites for hydroxylation is 1. The molecule has 0 unspecified atom stereocenters. The molecule has 1 heterocycles. The van der Waals surface area contributed by atoms with Crippen LogP contribution in [-0.2, 0) is 22.4 Å². The molecule has 1 aliphatic carbocycles. The first-order chi connectivity index (χ1) is 16.3. The largest absolute Gasteiger partial charge is 0.493 e. The molecule has 0 saturated carbocycles. The number of hydrogen-bond acceptors (Lipinski definition) is 7. The summed E-state index contributed by atoms with van der Waals surface area (Å²) in [5, 5.41) is 13.1. The first kappa shape index (κ1) is 25.6. The van der Waals surface area contributed by atoms with Gasteiger partial charge in [-0.3, -0.25) is 4.79 Å². The third-order valence-electron chi connectivity index (χ3n) is 5.16. The Morgan fingerprint density at radius 3 is 2.68 bits per heavy atom. The molecule has 180 valence electrons. The van der Waals surface area contributed by atoms with Gasteiger partial charge >= 0.3 is 5.97 Å². The number of ether oxygens (including phenoxy) is 3. The Labute approximate surface area is 208 Å². The zero-order valence-corrected chi connectivity index (χ0v) is 21.2. The lowest BCUT2D eigenvalue weighted by atomic mass is 9.95. The predicted octanol–water partition coefficient (Wildman–Crippen LogP) is 5.80. The van der Waals surface area contributed by atoms with Crippen LogP contribution in [0.3, 0.4) is 0 Å². The van der Waals surface area contributed by atoms with Crippen molar-refractivity contribution >= 4 is 45.9 Å². The minimum Gasteiger partial charge on any atom is -0.493 e. The van der Waals surface area contributed by atoms with Crippen LogP contribution < -0.4 is 14.8 Å². The van der Waals surface area contributed by atoms with Crippen molar-refractivity contribution in [1.29, 1.82) is 5.26 Å². The number of amides is 1. The number of anilines is 1. The van der Waals surface area contributed by atoms with Crippen LogP contribution in [0.4, 0.5) is 5.00 Å². The highest BCUT2D eigenvalue weighted by Gasteiger charge is 2.28. The maximum Gasteiger partial charge on any atom is 0.341 e. The van der Waals surface area contributed by atoms with Crippen molar-refractivity contribution in [3.05, 3.63) is 44.3 Å². The lowest BCUT2D eigenvalue weighted by Crippen LogP contribution is -2.16. The van der Waals surface area contributed by atoms with Crippen molar-refractivity contribution in [2.75, 3.05) is 19.0 Å². The van der Waals surface area contributed by atoms with Crippen LogP contribution in [0.25, 0.3) is 6.08 Å². The second-order valence-electron chi connectivity index (χ2n) is 7.96. The number of fused-ring (bicyclic) bond motifs is 1. The normalized spacial score (nSPS) is 13.1. The van der Waals surface area contributed by atoms with E-state index in [1.165, 1.54) is 24.5 Å². The van der Waals surface area contributed by atoms with Crippen LogP contribution in [0.5, 0.6) is 11.5 Å². The number of methoxy groups -OCH3 is 1. The fourth-order valence-electron chi connectivity index (χ4n) is 3.73. The molecule has 9 heteroatoms. The molecule has 0 saturated heterocycles. The summed E-state index contributed by atoms with van der Waals surface area (Å²) < 4.78 is 16.3. The number of esters is 1. The van der Waals surface area contributed by atoms with Crippen molar-refractivity contribution in [3.63, 3.8) is 0 Å². The quantitative estimate of drug-likeness (QED) is 0.278. The molecule has 0 radical (unpaired) electrons. The van der Waals surface area contributed by atoms with E-state index >= 15 is 0 Å². The monoisotopic (exact) mass is 502 g/mol. The van der Waals surface area contributed by atoms with Gasteiger partial charge in [-0.25, -0.2) is 4.79 Å². The smallest absolute Gasteiger partial charge is 0.341 e. The van der Waals surface area contributed by atoms with E-state index in [1.54, 1.807) is 19.1 Å². The Hall–Kier alpha value is -3.02. The van der Waals surface area contributed by atoms with E-state index in [4.69, 9.17) is 25.8 Å². The zero-order valence-electron chi connectivity index (χ0n) is 19.6. The highest BCUT2D eigenvalue weighted by atomic mass is 35.5. The number of thiophene rings is 1. The second-order valence-corrected chi connectivity index (χ2v) is 9.47. The molecule has 1 aliphatic rings. The fourth-order valence-corrected chi connectivity index (χ4v) is 5.27. The maximum atomic E-state index is 13.0. The molecule has 1 aromatic carbocycles. The predicted molar refractivity (Wildman–Crippen MR) is 133 cm³/mol. The molecular weight excluding hydrogens is 476 g/mol. The van der Waals surface area contributed by atoms with E-state index in [1.807, 2.05) is 19.9 Å². The van der Waals surface area contributed by atoms with Crippen LogP contribution in [0.15, 0.2) is 17.7 Å². The molecule has 1 amide bonds. The van der Waals surface area contributed by atoms with E-state index in [0.717, 1.165) is 36.1 Å². The summed E-state index contributed by atoms with van der Waals surface area (Å²) in [7, 11) is 1.49. The standard InChI is InChI=1S/C25H27ClN2O5S/c1-5-32-25(30)21-17-8-6-7-9-20(17)34-24(21)28-23(29)16(13-27)10-15-11-18(26)22(33-14(2)3)19(12-15)31-4/h10-12,14H,5-9H2,1-4H3,(H,28,29)/b16-10+. The number of carbonyl (C=O) groups is 2. The molecule has 1 aromatic heterocycles. The van der Waals surface area contributed by atoms with E-state index in [2.05, 4.69) is 5.32 Å². The summed E-state index contributed by atoms with van der Waals surface area (Å²) >= 11 is 7.74. The number of hydrogen-bond donors (Lipinski definition) is 1. The van der Waals surface area contributed by atoms with Gasteiger partial charge in [-0.2, -0.15) is 5.26 Å². The molecule has 0 bridgehead atoms. The van der Waals surface area contributed by atoms with Gasteiger partial charge in [0.15, 0.2) is 11.5 Å². The zero-order chi connectivity index (χ0) is 24.8. The van der Waals surface area contributed by atoms with Crippen molar-refractivity contribution in [3.8, 4) is 17.6 Å². The van der Waals surface area contributed by atoms with E-state index in [-0.39, 0.29) is 18.3 Å². The van der Waals surface area contributed by atoms with Crippen molar-refractivity contribution in [1.82, 2.24) is 0 Å². The van der Waals surface area contributed by atoms with Crippen LogP contribution >= 0.6 is 22.9 Å². The lowest BCUT2D eigenvalue weighted by molar-refractivity contribution is -0.112. The lowest BCUT2D eigenvalue weighted by Gasteiger charge is -2.15. The molecule has 2 aromatic rings. The third kappa shape index (κ3) is 5.72. The van der Waals surface area contributed by atoms with Gasteiger partial charge in [0.2, 0.25) is 0 Å². The van der Waals surface area contributed by atoms with Gasteiger partial charge in [0, 0.05) is 4.88 Å². The molecular formula is C25H27ClN2O5S. The highest BCUT2D eigenvalue weighted by Crippen LogP contribution is 2.40. The second kappa shape index (κ2) is 11.4. The van der Waals surface area contributed by atoms with Crippen molar-refractivity contribution in [2.24, 2.45) is 0 Å².